The van der Waals surface area contributed by atoms with Crippen LogP contribution in [0.1, 0.15) is 44.0 Å². The Morgan fingerprint density at radius 3 is 2.70 bits per heavy atom. The van der Waals surface area contributed by atoms with E-state index in [0.717, 1.165) is 45.0 Å². The molecule has 0 radical (unpaired) electrons. The summed E-state index contributed by atoms with van der Waals surface area (Å²) in [4.78, 5) is 10.3. The average Bonchev–Trinajstić information content (AvgIpc) is 2.91. The molecule has 1 unspecified atom stereocenters. The summed E-state index contributed by atoms with van der Waals surface area (Å²) >= 11 is 1.76. The molecule has 6 heteroatoms. The molecule has 1 rings (SSSR count). The van der Waals surface area contributed by atoms with Gasteiger partial charge in [0, 0.05) is 43.7 Å². The third-order valence-corrected chi connectivity index (χ3v) is 4.43. The van der Waals surface area contributed by atoms with Crippen LogP contribution in [-0.2, 0) is 11.2 Å². The molecule has 0 bridgehead atoms. The summed E-state index contributed by atoms with van der Waals surface area (Å²) in [6, 6.07) is 0. The molecule has 0 aliphatic rings. The third-order valence-electron chi connectivity index (χ3n) is 3.45. The number of thiazole rings is 1. The van der Waals surface area contributed by atoms with Crippen molar-refractivity contribution in [3.63, 3.8) is 0 Å². The summed E-state index contributed by atoms with van der Waals surface area (Å²) in [6.07, 6.45) is 4.09. The van der Waals surface area contributed by atoms with Crippen LogP contribution in [0, 0.1) is 12.8 Å². The number of aliphatic imine (C=N–C) groups is 1. The smallest absolute Gasteiger partial charge is 0.191 e. The van der Waals surface area contributed by atoms with Crippen LogP contribution in [0.25, 0.3) is 0 Å². The lowest BCUT2D eigenvalue weighted by Crippen LogP contribution is -2.38. The molecule has 0 fully saturated rings. The third kappa shape index (κ3) is 8.32. The molecule has 5 nitrogen and oxygen atoms in total. The van der Waals surface area contributed by atoms with Crippen LogP contribution in [0.2, 0.25) is 0 Å². The van der Waals surface area contributed by atoms with Gasteiger partial charge in [0.15, 0.2) is 5.96 Å². The number of ether oxygens (including phenoxy) is 1. The second-order valence-electron chi connectivity index (χ2n) is 5.83. The van der Waals surface area contributed by atoms with Crippen molar-refractivity contribution in [2.24, 2.45) is 10.9 Å². The largest absolute Gasteiger partial charge is 0.378 e. The quantitative estimate of drug-likeness (QED) is 0.508. The molecule has 0 spiro atoms. The standard InChI is InChI=1S/C17H32N4OS/c1-6-18-17(19-10-8-15(13(3)4)22-7-2)20-11-9-16-21-12-14(5)23-16/h12-13,15H,6-11H2,1-5H3,(H2,18,19,20). The van der Waals surface area contributed by atoms with Gasteiger partial charge in [-0.05, 0) is 33.1 Å². The summed E-state index contributed by atoms with van der Waals surface area (Å²) < 4.78 is 5.77. The van der Waals surface area contributed by atoms with E-state index in [-0.39, 0.29) is 6.10 Å². The first-order valence-corrected chi connectivity index (χ1v) is 9.43. The van der Waals surface area contributed by atoms with Gasteiger partial charge >= 0.3 is 0 Å². The fourth-order valence-electron chi connectivity index (χ4n) is 2.27. The normalized spacial score (nSPS) is 13.4. The number of guanidine groups is 1. The Kier molecular flexibility index (Phi) is 9.87. The average molecular weight is 341 g/mol. The highest BCUT2D eigenvalue weighted by atomic mass is 32.1. The number of nitrogens with zero attached hydrogens (tertiary/aromatic N) is 2. The summed E-state index contributed by atoms with van der Waals surface area (Å²) in [5.41, 5.74) is 0. The maximum atomic E-state index is 5.77. The summed E-state index contributed by atoms with van der Waals surface area (Å²) in [7, 11) is 0. The molecule has 23 heavy (non-hydrogen) atoms. The van der Waals surface area contributed by atoms with Crippen LogP contribution in [0.4, 0.5) is 0 Å². The van der Waals surface area contributed by atoms with Crippen molar-refractivity contribution in [1.29, 1.82) is 0 Å². The first-order valence-electron chi connectivity index (χ1n) is 8.61. The van der Waals surface area contributed by atoms with Gasteiger partial charge in [-0.3, -0.25) is 4.99 Å². The predicted molar refractivity (Wildman–Crippen MR) is 99.4 cm³/mol. The topological polar surface area (TPSA) is 58.5 Å². The van der Waals surface area contributed by atoms with Crippen LogP contribution < -0.4 is 10.6 Å². The number of rotatable bonds is 10. The molecule has 1 atom stereocenters. The minimum absolute atomic E-state index is 0.282. The molecular formula is C17H32N4OS. The van der Waals surface area contributed by atoms with Crippen molar-refractivity contribution in [3.8, 4) is 0 Å². The van der Waals surface area contributed by atoms with Gasteiger partial charge < -0.3 is 15.4 Å². The van der Waals surface area contributed by atoms with Crippen LogP contribution in [-0.4, -0.2) is 43.3 Å². The maximum Gasteiger partial charge on any atom is 0.191 e. The Hall–Kier alpha value is -1.14. The van der Waals surface area contributed by atoms with E-state index in [4.69, 9.17) is 4.74 Å². The lowest BCUT2D eigenvalue weighted by Gasteiger charge is -2.20. The van der Waals surface area contributed by atoms with Gasteiger partial charge in [0.2, 0.25) is 0 Å². The molecule has 0 saturated carbocycles. The summed E-state index contributed by atoms with van der Waals surface area (Å²) in [6.45, 7) is 13.9. The first-order chi connectivity index (χ1) is 11.1. The Bertz CT molecular complexity index is 459. The highest BCUT2D eigenvalue weighted by Gasteiger charge is 2.12. The molecule has 132 valence electrons. The zero-order valence-corrected chi connectivity index (χ0v) is 16.0. The van der Waals surface area contributed by atoms with E-state index >= 15 is 0 Å². The van der Waals surface area contributed by atoms with Gasteiger partial charge in [-0.1, -0.05) is 13.8 Å². The molecule has 0 aromatic carbocycles. The zero-order valence-electron chi connectivity index (χ0n) is 15.2. The lowest BCUT2D eigenvalue weighted by molar-refractivity contribution is 0.0266. The van der Waals surface area contributed by atoms with Crippen molar-refractivity contribution in [2.45, 2.75) is 53.6 Å². The van der Waals surface area contributed by atoms with Crippen molar-refractivity contribution >= 4 is 17.3 Å². The molecule has 0 aliphatic carbocycles. The van der Waals surface area contributed by atoms with E-state index in [1.807, 2.05) is 13.1 Å². The van der Waals surface area contributed by atoms with E-state index in [2.05, 4.69) is 48.3 Å². The van der Waals surface area contributed by atoms with Crippen LogP contribution in [0.15, 0.2) is 11.2 Å². The molecule has 1 aromatic heterocycles. The predicted octanol–water partition coefficient (Wildman–Crippen LogP) is 3.00. The molecule has 0 aliphatic heterocycles. The monoisotopic (exact) mass is 340 g/mol. The number of aromatic nitrogens is 1. The SMILES string of the molecule is CCNC(=NCCC(OCC)C(C)C)NCCc1ncc(C)s1. The van der Waals surface area contributed by atoms with E-state index in [0.29, 0.717) is 5.92 Å². The number of hydrogen-bond donors (Lipinski definition) is 2. The lowest BCUT2D eigenvalue weighted by atomic mass is 10.0. The molecule has 1 heterocycles. The summed E-state index contributed by atoms with van der Waals surface area (Å²) in [5, 5.41) is 7.84. The molecular weight excluding hydrogens is 308 g/mol. The van der Waals surface area contributed by atoms with Gasteiger partial charge in [0.05, 0.1) is 11.1 Å². The fourth-order valence-corrected chi connectivity index (χ4v) is 3.06. The molecule has 0 saturated heterocycles. The van der Waals surface area contributed by atoms with Crippen molar-refractivity contribution in [1.82, 2.24) is 15.6 Å². The number of hydrogen-bond acceptors (Lipinski definition) is 4. The first kappa shape index (κ1) is 19.9. The van der Waals surface area contributed by atoms with Crippen molar-refractivity contribution < 1.29 is 4.74 Å². The number of nitrogens with one attached hydrogen (secondary N) is 2. The Labute approximate surface area is 145 Å². The highest BCUT2D eigenvalue weighted by molar-refractivity contribution is 7.11. The second kappa shape index (κ2) is 11.4. The number of aryl methyl sites for hydroxylation is 1. The van der Waals surface area contributed by atoms with E-state index < -0.39 is 0 Å². The van der Waals surface area contributed by atoms with Gasteiger partial charge in [-0.2, -0.15) is 0 Å². The molecule has 1 aromatic rings. The van der Waals surface area contributed by atoms with Gasteiger partial charge in [0.25, 0.3) is 0 Å². The second-order valence-corrected chi connectivity index (χ2v) is 7.15. The summed E-state index contributed by atoms with van der Waals surface area (Å²) in [5.74, 6) is 1.40. The molecule has 2 N–H and O–H groups in total. The van der Waals surface area contributed by atoms with Gasteiger partial charge in [-0.15, -0.1) is 11.3 Å². The maximum absolute atomic E-state index is 5.77. The minimum atomic E-state index is 0.282. The van der Waals surface area contributed by atoms with Gasteiger partial charge in [0.1, 0.15) is 0 Å². The van der Waals surface area contributed by atoms with Crippen LogP contribution >= 0.6 is 11.3 Å². The zero-order chi connectivity index (χ0) is 17.1. The molecule has 0 amide bonds. The van der Waals surface area contributed by atoms with E-state index in [1.54, 1.807) is 11.3 Å². The van der Waals surface area contributed by atoms with Crippen molar-refractivity contribution in [2.75, 3.05) is 26.2 Å². The Morgan fingerprint density at radius 2 is 2.13 bits per heavy atom. The Balaban J connectivity index is 2.39. The van der Waals surface area contributed by atoms with Crippen molar-refractivity contribution in [3.05, 3.63) is 16.1 Å². The highest BCUT2D eigenvalue weighted by Crippen LogP contribution is 2.11. The minimum Gasteiger partial charge on any atom is -0.378 e. The van der Waals surface area contributed by atoms with E-state index in [9.17, 15) is 0 Å². The van der Waals surface area contributed by atoms with Gasteiger partial charge in [-0.25, -0.2) is 4.98 Å². The van der Waals surface area contributed by atoms with E-state index in [1.165, 1.54) is 9.88 Å². The Morgan fingerprint density at radius 1 is 1.35 bits per heavy atom. The van der Waals surface area contributed by atoms with Crippen LogP contribution in [0.5, 0.6) is 0 Å². The fraction of sp³-hybridized carbons (Fsp3) is 0.765. The van der Waals surface area contributed by atoms with Crippen LogP contribution in [0.3, 0.4) is 0 Å².